The van der Waals surface area contributed by atoms with Crippen molar-refractivity contribution in [3.05, 3.63) is 65.7 Å². The lowest BCUT2D eigenvalue weighted by molar-refractivity contribution is 0.259. The molecule has 1 atom stereocenters. The third-order valence-corrected chi connectivity index (χ3v) is 4.38. The molecule has 0 radical (unpaired) electrons. The van der Waals surface area contributed by atoms with E-state index in [1.165, 1.54) is 5.56 Å². The monoisotopic (exact) mass is 496 g/mol. The highest BCUT2D eigenvalue weighted by Crippen LogP contribution is 2.17. The van der Waals surface area contributed by atoms with E-state index in [2.05, 4.69) is 57.8 Å². The normalized spacial score (nSPS) is 12.2. The fraction of sp³-hybridized carbons (Fsp3) is 0.409. The zero-order valence-corrected chi connectivity index (χ0v) is 19.6. The summed E-state index contributed by atoms with van der Waals surface area (Å²) in [4.78, 5) is 6.44. The number of para-hydroxylation sites is 1. The molecule has 0 aliphatic carbocycles. The molecule has 0 fully saturated rings. The highest BCUT2D eigenvalue weighted by atomic mass is 127. The van der Waals surface area contributed by atoms with Gasteiger partial charge in [-0.3, -0.25) is 4.99 Å². The molecule has 0 spiro atoms. The maximum Gasteiger partial charge on any atom is 0.191 e. The zero-order valence-electron chi connectivity index (χ0n) is 17.3. The van der Waals surface area contributed by atoms with Crippen molar-refractivity contribution in [2.75, 3.05) is 40.8 Å². The second kappa shape index (κ2) is 13.4. The molecule has 0 bridgehead atoms. The van der Waals surface area contributed by atoms with Gasteiger partial charge in [-0.15, -0.1) is 24.0 Å². The third-order valence-electron chi connectivity index (χ3n) is 4.38. The second-order valence-corrected chi connectivity index (χ2v) is 6.88. The molecule has 5 nitrogen and oxygen atoms in total. The molecular formula is C22H33IN4O. The first-order valence-corrected chi connectivity index (χ1v) is 9.45. The van der Waals surface area contributed by atoms with E-state index in [-0.39, 0.29) is 24.0 Å². The summed E-state index contributed by atoms with van der Waals surface area (Å²) in [6.45, 7) is 5.26. The molecule has 6 heteroatoms. The van der Waals surface area contributed by atoms with Gasteiger partial charge in [0.05, 0.1) is 0 Å². The number of aliphatic imine (C=N–C) groups is 1. The maximum absolute atomic E-state index is 5.93. The van der Waals surface area contributed by atoms with Crippen molar-refractivity contribution >= 4 is 29.9 Å². The first kappa shape index (κ1) is 24.2. The molecule has 0 saturated carbocycles. The summed E-state index contributed by atoms with van der Waals surface area (Å²) in [5.41, 5.74) is 2.44. The summed E-state index contributed by atoms with van der Waals surface area (Å²) in [5.74, 6) is 2.12. The number of nitrogens with one attached hydrogen (secondary N) is 2. The van der Waals surface area contributed by atoms with Crippen LogP contribution in [0.5, 0.6) is 5.75 Å². The van der Waals surface area contributed by atoms with Crippen molar-refractivity contribution in [3.8, 4) is 5.75 Å². The summed E-state index contributed by atoms with van der Waals surface area (Å²) < 4.78 is 5.93. The fourth-order valence-electron chi connectivity index (χ4n) is 2.68. The lowest BCUT2D eigenvalue weighted by Gasteiger charge is -2.18. The molecule has 1 unspecified atom stereocenters. The van der Waals surface area contributed by atoms with Crippen molar-refractivity contribution in [3.63, 3.8) is 0 Å². The van der Waals surface area contributed by atoms with Crippen LogP contribution >= 0.6 is 24.0 Å². The lowest BCUT2D eigenvalue weighted by atomic mass is 10.0. The lowest BCUT2D eigenvalue weighted by Crippen LogP contribution is -2.38. The van der Waals surface area contributed by atoms with Crippen molar-refractivity contribution in [2.24, 2.45) is 4.99 Å². The average molecular weight is 496 g/mol. The van der Waals surface area contributed by atoms with Crippen molar-refractivity contribution in [1.29, 1.82) is 0 Å². The number of benzene rings is 2. The number of guanidine groups is 1. The topological polar surface area (TPSA) is 48.9 Å². The number of rotatable bonds is 9. The average Bonchev–Trinajstić information content (AvgIpc) is 2.69. The first-order chi connectivity index (χ1) is 13.1. The Hall–Kier alpha value is -1.80. The smallest absolute Gasteiger partial charge is 0.191 e. The van der Waals surface area contributed by atoms with Crippen LogP contribution in [0.3, 0.4) is 0 Å². The van der Waals surface area contributed by atoms with E-state index in [4.69, 9.17) is 4.74 Å². The molecule has 2 N–H and O–H groups in total. The molecule has 0 aliphatic heterocycles. The number of hydrogen-bond donors (Lipinski definition) is 2. The van der Waals surface area contributed by atoms with Crippen LogP contribution < -0.4 is 15.4 Å². The molecule has 154 valence electrons. The van der Waals surface area contributed by atoms with Crippen LogP contribution in [0.25, 0.3) is 0 Å². The van der Waals surface area contributed by atoms with Gasteiger partial charge in [-0.2, -0.15) is 0 Å². The zero-order chi connectivity index (χ0) is 19.5. The van der Waals surface area contributed by atoms with Gasteiger partial charge in [-0.05, 0) is 31.6 Å². The highest BCUT2D eigenvalue weighted by molar-refractivity contribution is 14.0. The van der Waals surface area contributed by atoms with E-state index >= 15 is 0 Å². The van der Waals surface area contributed by atoms with Crippen LogP contribution in [0.2, 0.25) is 0 Å². The minimum Gasteiger partial charge on any atom is -0.492 e. The van der Waals surface area contributed by atoms with E-state index in [1.54, 1.807) is 7.05 Å². The minimum absolute atomic E-state index is 0. The van der Waals surface area contributed by atoms with Crippen LogP contribution in [-0.2, 0) is 6.54 Å². The molecule has 2 rings (SSSR count). The Kier molecular flexibility index (Phi) is 11.6. The van der Waals surface area contributed by atoms with Crippen LogP contribution in [-0.4, -0.2) is 51.7 Å². The van der Waals surface area contributed by atoms with Gasteiger partial charge in [0.2, 0.25) is 0 Å². The number of hydrogen-bond acceptors (Lipinski definition) is 3. The Morgan fingerprint density at radius 3 is 2.39 bits per heavy atom. The van der Waals surface area contributed by atoms with Gasteiger partial charge in [-0.25, -0.2) is 0 Å². The second-order valence-electron chi connectivity index (χ2n) is 6.88. The van der Waals surface area contributed by atoms with Crippen molar-refractivity contribution < 1.29 is 4.74 Å². The van der Waals surface area contributed by atoms with Crippen LogP contribution in [0.1, 0.15) is 24.0 Å². The summed E-state index contributed by atoms with van der Waals surface area (Å²) in [6.07, 6.45) is 0. The Labute approximate surface area is 186 Å². The Morgan fingerprint density at radius 2 is 1.71 bits per heavy atom. The first-order valence-electron chi connectivity index (χ1n) is 9.45. The van der Waals surface area contributed by atoms with E-state index < -0.39 is 0 Å². The van der Waals surface area contributed by atoms with Gasteiger partial charge in [0, 0.05) is 32.2 Å². The van der Waals surface area contributed by atoms with Crippen molar-refractivity contribution in [2.45, 2.75) is 19.4 Å². The van der Waals surface area contributed by atoms with E-state index in [0.717, 1.165) is 30.4 Å². The third kappa shape index (κ3) is 8.48. The van der Waals surface area contributed by atoms with Gasteiger partial charge in [-0.1, -0.05) is 55.5 Å². The van der Waals surface area contributed by atoms with Crippen molar-refractivity contribution in [1.82, 2.24) is 15.5 Å². The molecule has 0 aromatic heterocycles. The molecule has 2 aromatic carbocycles. The predicted octanol–water partition coefficient (Wildman–Crippen LogP) is 3.71. The number of halogens is 1. The summed E-state index contributed by atoms with van der Waals surface area (Å²) in [5, 5.41) is 6.79. The molecule has 2 aromatic rings. The maximum atomic E-state index is 5.93. The standard InChI is InChI=1S/C22H32N4O.HI/c1-18(19-10-6-5-7-11-19)16-24-22(23-2)25-17-20-12-8-9-13-21(20)27-15-14-26(3)4;/h5-13,18H,14-17H2,1-4H3,(H2,23,24,25);1H. The number of nitrogens with zero attached hydrogens (tertiary/aromatic N) is 2. The Morgan fingerprint density at radius 1 is 1.04 bits per heavy atom. The van der Waals surface area contributed by atoms with E-state index in [9.17, 15) is 0 Å². The SMILES string of the molecule is CN=C(NCc1ccccc1OCCN(C)C)NCC(C)c1ccccc1.I. The molecule has 0 saturated heterocycles. The predicted molar refractivity (Wildman–Crippen MR) is 129 cm³/mol. The largest absolute Gasteiger partial charge is 0.492 e. The minimum atomic E-state index is 0. The Balaban J connectivity index is 0.00000392. The van der Waals surface area contributed by atoms with Gasteiger partial charge >= 0.3 is 0 Å². The Bertz CT molecular complexity index is 707. The van der Waals surface area contributed by atoms with Gasteiger partial charge in [0.15, 0.2) is 5.96 Å². The summed E-state index contributed by atoms with van der Waals surface area (Å²) >= 11 is 0. The van der Waals surface area contributed by atoms with Crippen LogP contribution in [0, 0.1) is 0 Å². The summed E-state index contributed by atoms with van der Waals surface area (Å²) in [7, 11) is 5.88. The van der Waals surface area contributed by atoms with Crippen LogP contribution in [0.4, 0.5) is 0 Å². The van der Waals surface area contributed by atoms with Crippen LogP contribution in [0.15, 0.2) is 59.6 Å². The molecule has 28 heavy (non-hydrogen) atoms. The number of likely N-dealkylation sites (N-methyl/N-ethyl adjacent to an activating group) is 1. The molecule has 0 aliphatic rings. The number of ether oxygens (including phenoxy) is 1. The quantitative estimate of drug-likeness (QED) is 0.316. The molecular weight excluding hydrogens is 463 g/mol. The summed E-state index contributed by atoms with van der Waals surface area (Å²) in [6, 6.07) is 18.6. The fourth-order valence-corrected chi connectivity index (χ4v) is 2.68. The molecule has 0 heterocycles. The molecule has 0 amide bonds. The van der Waals surface area contributed by atoms with E-state index in [0.29, 0.717) is 19.1 Å². The van der Waals surface area contributed by atoms with Gasteiger partial charge < -0.3 is 20.3 Å². The van der Waals surface area contributed by atoms with Gasteiger partial charge in [0.25, 0.3) is 0 Å². The van der Waals surface area contributed by atoms with Gasteiger partial charge in [0.1, 0.15) is 12.4 Å². The highest BCUT2D eigenvalue weighted by Gasteiger charge is 2.08. The van der Waals surface area contributed by atoms with E-state index in [1.807, 2.05) is 38.4 Å².